The summed E-state index contributed by atoms with van der Waals surface area (Å²) < 4.78 is 5.20. The van der Waals surface area contributed by atoms with Crippen LogP contribution in [-0.2, 0) is 4.79 Å². The lowest BCUT2D eigenvalue weighted by Gasteiger charge is -2.18. The minimum absolute atomic E-state index is 0.00861. The summed E-state index contributed by atoms with van der Waals surface area (Å²) in [6, 6.07) is 7.29. The van der Waals surface area contributed by atoms with Gasteiger partial charge in [-0.05, 0) is 35.7 Å². The van der Waals surface area contributed by atoms with Gasteiger partial charge >= 0.3 is 5.97 Å². The predicted octanol–water partition coefficient (Wildman–Crippen LogP) is 3.07. The van der Waals surface area contributed by atoms with Crippen LogP contribution in [0.2, 0.25) is 0 Å². The average Bonchev–Trinajstić information content (AvgIpc) is 2.37. The van der Waals surface area contributed by atoms with Crippen LogP contribution in [-0.4, -0.2) is 23.2 Å². The predicted molar refractivity (Wildman–Crippen MR) is 73.5 cm³/mol. The molecule has 0 radical (unpaired) electrons. The van der Waals surface area contributed by atoms with E-state index in [-0.39, 0.29) is 5.92 Å². The molecule has 0 aliphatic heterocycles. The lowest BCUT2D eigenvalue weighted by molar-refractivity contribution is -0.139. The summed E-state index contributed by atoms with van der Waals surface area (Å²) >= 11 is 0. The zero-order valence-corrected chi connectivity index (χ0v) is 11.3. The quantitative estimate of drug-likeness (QED) is 0.916. The van der Waals surface area contributed by atoms with Gasteiger partial charge in [-0.1, -0.05) is 13.8 Å². The smallest absolute Gasteiger partial charge is 0.311 e. The highest BCUT2D eigenvalue weighted by Gasteiger charge is 2.25. The van der Waals surface area contributed by atoms with Gasteiger partial charge in [0.15, 0.2) is 0 Å². The van der Waals surface area contributed by atoms with E-state index in [9.17, 15) is 9.90 Å². The third kappa shape index (κ3) is 2.52. The van der Waals surface area contributed by atoms with E-state index in [2.05, 4.69) is 4.98 Å². The van der Waals surface area contributed by atoms with Crippen LogP contribution in [0.1, 0.15) is 25.3 Å². The number of pyridine rings is 1. The molecule has 0 aliphatic rings. The molecule has 0 aliphatic carbocycles. The normalized spacial score (nSPS) is 12.6. The van der Waals surface area contributed by atoms with Crippen LogP contribution in [0.3, 0.4) is 0 Å². The molecule has 100 valence electrons. The summed E-state index contributed by atoms with van der Waals surface area (Å²) in [6.07, 6.45) is 1.66. The monoisotopic (exact) mass is 259 g/mol. The lowest BCUT2D eigenvalue weighted by Crippen LogP contribution is -2.17. The Labute approximate surface area is 112 Å². The molecular weight excluding hydrogens is 242 g/mol. The number of nitrogens with zero attached hydrogens (tertiary/aromatic N) is 1. The largest absolute Gasteiger partial charge is 0.497 e. The van der Waals surface area contributed by atoms with Crippen molar-refractivity contribution in [3.8, 4) is 5.75 Å². The molecule has 0 spiro atoms. The van der Waals surface area contributed by atoms with Gasteiger partial charge in [-0.3, -0.25) is 9.78 Å². The Bertz CT molecular complexity index is 607. The fourth-order valence-electron chi connectivity index (χ4n) is 2.32. The molecule has 0 amide bonds. The number of hydrogen-bond donors (Lipinski definition) is 1. The van der Waals surface area contributed by atoms with Gasteiger partial charge in [0.1, 0.15) is 5.75 Å². The Morgan fingerprint density at radius 2 is 2.05 bits per heavy atom. The zero-order chi connectivity index (χ0) is 14.0. The number of ether oxygens (including phenoxy) is 1. The lowest BCUT2D eigenvalue weighted by atomic mass is 9.86. The second-order valence-corrected chi connectivity index (χ2v) is 4.84. The molecule has 1 unspecified atom stereocenters. The molecule has 1 heterocycles. The van der Waals surface area contributed by atoms with Crippen molar-refractivity contribution in [3.63, 3.8) is 0 Å². The standard InChI is InChI=1S/C15H17NO3/c1-9(2)14(15(17)18)11-6-7-16-13-5-4-10(19-3)8-12(11)13/h4-9,14H,1-3H3,(H,17,18). The van der Waals surface area contributed by atoms with E-state index in [1.807, 2.05) is 32.0 Å². The van der Waals surface area contributed by atoms with Gasteiger partial charge in [0, 0.05) is 11.6 Å². The van der Waals surface area contributed by atoms with E-state index >= 15 is 0 Å². The first kappa shape index (κ1) is 13.3. The van der Waals surface area contributed by atoms with Crippen molar-refractivity contribution in [1.29, 1.82) is 0 Å². The van der Waals surface area contributed by atoms with Crippen LogP contribution in [0.15, 0.2) is 30.5 Å². The van der Waals surface area contributed by atoms with Crippen molar-refractivity contribution in [3.05, 3.63) is 36.0 Å². The molecular formula is C15H17NO3. The van der Waals surface area contributed by atoms with Gasteiger partial charge in [-0.25, -0.2) is 0 Å². The van der Waals surface area contributed by atoms with E-state index in [4.69, 9.17) is 4.74 Å². The molecule has 0 fully saturated rings. The van der Waals surface area contributed by atoms with Gasteiger partial charge in [0.05, 0.1) is 18.5 Å². The van der Waals surface area contributed by atoms with E-state index < -0.39 is 11.9 Å². The number of carboxylic acid groups (broad SMARTS) is 1. The van der Waals surface area contributed by atoms with Crippen LogP contribution >= 0.6 is 0 Å². The van der Waals surface area contributed by atoms with Crippen LogP contribution in [0, 0.1) is 5.92 Å². The van der Waals surface area contributed by atoms with E-state index in [0.29, 0.717) is 5.75 Å². The number of aromatic nitrogens is 1. The molecule has 2 rings (SSSR count). The Kier molecular flexibility index (Phi) is 3.69. The average molecular weight is 259 g/mol. The van der Waals surface area contributed by atoms with E-state index in [1.165, 1.54) is 0 Å². The Hall–Kier alpha value is -2.10. The first-order valence-corrected chi connectivity index (χ1v) is 6.20. The summed E-state index contributed by atoms with van der Waals surface area (Å²) in [5.74, 6) is -0.646. The molecule has 0 saturated heterocycles. The first-order chi connectivity index (χ1) is 9.04. The second kappa shape index (κ2) is 5.26. The maximum Gasteiger partial charge on any atom is 0.311 e. The number of fused-ring (bicyclic) bond motifs is 1. The van der Waals surface area contributed by atoms with Crippen molar-refractivity contribution < 1.29 is 14.6 Å². The molecule has 1 aromatic heterocycles. The summed E-state index contributed by atoms with van der Waals surface area (Å²) in [7, 11) is 1.59. The molecule has 0 bridgehead atoms. The third-order valence-corrected chi connectivity index (χ3v) is 3.25. The number of hydrogen-bond acceptors (Lipinski definition) is 3. The van der Waals surface area contributed by atoms with Crippen LogP contribution in [0.5, 0.6) is 5.75 Å². The highest BCUT2D eigenvalue weighted by atomic mass is 16.5. The number of aliphatic carboxylic acids is 1. The molecule has 19 heavy (non-hydrogen) atoms. The minimum atomic E-state index is -0.815. The SMILES string of the molecule is COc1ccc2nccc(C(C(=O)O)C(C)C)c2c1. The van der Waals surface area contributed by atoms with Gasteiger partial charge in [-0.15, -0.1) is 0 Å². The maximum atomic E-state index is 11.5. The summed E-state index contributed by atoms with van der Waals surface area (Å²) in [6.45, 7) is 3.82. The summed E-state index contributed by atoms with van der Waals surface area (Å²) in [4.78, 5) is 15.8. The maximum absolute atomic E-state index is 11.5. The van der Waals surface area contributed by atoms with Gasteiger partial charge < -0.3 is 9.84 Å². The van der Waals surface area contributed by atoms with Gasteiger partial charge in [0.25, 0.3) is 0 Å². The molecule has 2 aromatic rings. The van der Waals surface area contributed by atoms with E-state index in [0.717, 1.165) is 16.5 Å². The summed E-state index contributed by atoms with van der Waals surface area (Å²) in [5, 5.41) is 10.3. The third-order valence-electron chi connectivity index (χ3n) is 3.25. The Balaban J connectivity index is 2.67. The Morgan fingerprint density at radius 1 is 1.32 bits per heavy atom. The van der Waals surface area contributed by atoms with E-state index in [1.54, 1.807) is 19.4 Å². The van der Waals surface area contributed by atoms with Crippen LogP contribution < -0.4 is 4.74 Å². The number of carbonyl (C=O) groups is 1. The van der Waals surface area contributed by atoms with Gasteiger partial charge in [0.2, 0.25) is 0 Å². The van der Waals surface area contributed by atoms with Crippen molar-refractivity contribution in [2.24, 2.45) is 5.92 Å². The highest BCUT2D eigenvalue weighted by molar-refractivity contribution is 5.89. The molecule has 4 heteroatoms. The number of carboxylic acids is 1. The minimum Gasteiger partial charge on any atom is -0.497 e. The number of rotatable bonds is 4. The molecule has 4 nitrogen and oxygen atoms in total. The number of methoxy groups -OCH3 is 1. The van der Waals surface area contributed by atoms with Crippen molar-refractivity contribution in [2.75, 3.05) is 7.11 Å². The van der Waals surface area contributed by atoms with Crippen LogP contribution in [0.25, 0.3) is 10.9 Å². The molecule has 0 saturated carbocycles. The van der Waals surface area contributed by atoms with Gasteiger partial charge in [-0.2, -0.15) is 0 Å². The second-order valence-electron chi connectivity index (χ2n) is 4.84. The number of benzene rings is 1. The molecule has 1 N–H and O–H groups in total. The zero-order valence-electron chi connectivity index (χ0n) is 11.3. The van der Waals surface area contributed by atoms with Crippen molar-refractivity contribution in [2.45, 2.75) is 19.8 Å². The van der Waals surface area contributed by atoms with Crippen LogP contribution in [0.4, 0.5) is 0 Å². The first-order valence-electron chi connectivity index (χ1n) is 6.20. The molecule has 1 aromatic carbocycles. The summed E-state index contributed by atoms with van der Waals surface area (Å²) in [5.41, 5.74) is 1.57. The Morgan fingerprint density at radius 3 is 2.63 bits per heavy atom. The molecule has 1 atom stereocenters. The fraction of sp³-hybridized carbons (Fsp3) is 0.333. The fourth-order valence-corrected chi connectivity index (χ4v) is 2.32. The van der Waals surface area contributed by atoms with Crippen molar-refractivity contribution in [1.82, 2.24) is 4.98 Å². The topological polar surface area (TPSA) is 59.4 Å². The highest BCUT2D eigenvalue weighted by Crippen LogP contribution is 2.32. The van der Waals surface area contributed by atoms with Crippen molar-refractivity contribution >= 4 is 16.9 Å².